The molecule has 3 N–H and O–H groups in total. The van der Waals surface area contributed by atoms with Gasteiger partial charge in [0.15, 0.2) is 0 Å². The number of benzene rings is 1. The lowest BCUT2D eigenvalue weighted by atomic mass is 9.74. The number of nitrogens with two attached hydrogens (primary N) is 1. The zero-order valence-electron chi connectivity index (χ0n) is 23.2. The van der Waals surface area contributed by atoms with Crippen LogP contribution in [0.3, 0.4) is 0 Å². The molecule has 1 saturated heterocycles. The molecule has 2 aliphatic rings. The second-order valence-corrected chi connectivity index (χ2v) is 11.4. The lowest BCUT2D eigenvalue weighted by Crippen LogP contribution is -2.61. The number of carbonyl (C=O) groups is 3. The smallest absolute Gasteiger partial charge is 0.374 e. The Morgan fingerprint density at radius 1 is 1.19 bits per heavy atom. The first kappa shape index (κ1) is 31.4. The largest absolute Gasteiger partial charge is 0.408 e. The van der Waals surface area contributed by atoms with E-state index in [-0.39, 0.29) is 44.9 Å². The minimum absolute atomic E-state index is 0.0520. The molecule has 3 amide bonds. The van der Waals surface area contributed by atoms with Gasteiger partial charge in [-0.15, -0.1) is 0 Å². The molecule has 226 valence electrons. The third-order valence-electron chi connectivity index (χ3n) is 7.02. The molecule has 1 fully saturated rings. The van der Waals surface area contributed by atoms with Gasteiger partial charge in [-0.25, -0.2) is 5.01 Å². The van der Waals surface area contributed by atoms with Crippen molar-refractivity contribution in [1.82, 2.24) is 20.2 Å². The molecule has 42 heavy (non-hydrogen) atoms. The van der Waals surface area contributed by atoms with E-state index in [0.29, 0.717) is 15.7 Å². The highest BCUT2D eigenvalue weighted by molar-refractivity contribution is 6.30. The third kappa shape index (κ3) is 7.44. The number of carbonyl (C=O) groups excluding carboxylic acids is 3. The van der Waals surface area contributed by atoms with Crippen molar-refractivity contribution in [3.63, 3.8) is 0 Å². The van der Waals surface area contributed by atoms with Crippen molar-refractivity contribution in [1.29, 1.82) is 0 Å². The maximum absolute atomic E-state index is 13.9. The van der Waals surface area contributed by atoms with E-state index in [0.717, 1.165) is 5.56 Å². The van der Waals surface area contributed by atoms with Crippen molar-refractivity contribution < 1.29 is 32.3 Å². The highest BCUT2D eigenvalue weighted by atomic mass is 35.5. The highest BCUT2D eigenvalue weighted by Crippen LogP contribution is 2.39. The van der Waals surface area contributed by atoms with E-state index in [4.69, 9.17) is 22.1 Å². The SMILES string of the molecule is CC(C)(N)C(=O)NC(COCc1ccc(Cl)cc1)C(=O)N1CCC2=NN(CC(F)(F)F)C(=O)[C@]2(Cc2ccccn2)C1. The molecule has 2 aromatic rings. The second-order valence-electron chi connectivity index (χ2n) is 11.0. The van der Waals surface area contributed by atoms with Crippen LogP contribution in [0.4, 0.5) is 13.2 Å². The van der Waals surface area contributed by atoms with Crippen molar-refractivity contribution in [3.8, 4) is 0 Å². The quantitative estimate of drug-likeness (QED) is 0.427. The molecule has 2 atom stereocenters. The standard InChI is InChI=1S/C28H32ClF3N6O4/c1-26(2,33)24(40)35-21(15-42-14-18-6-8-19(29)9-7-18)23(39)37-12-10-22-27(16-37,13-20-5-3-4-11-34-20)25(41)38(36-22)17-28(30,31)32/h3-9,11,21H,10,12-17,33H2,1-2H3,(H,35,40)/t21?,27-/m1/s1. The summed E-state index contributed by atoms with van der Waals surface area (Å²) in [5.74, 6) is -2.03. The van der Waals surface area contributed by atoms with Gasteiger partial charge >= 0.3 is 6.18 Å². The lowest BCUT2D eigenvalue weighted by Gasteiger charge is -2.40. The number of hydrogen-bond donors (Lipinski definition) is 2. The van der Waals surface area contributed by atoms with Crippen molar-refractivity contribution >= 4 is 35.0 Å². The predicted octanol–water partition coefficient (Wildman–Crippen LogP) is 2.70. The number of rotatable bonds is 10. The molecule has 0 saturated carbocycles. The Morgan fingerprint density at radius 2 is 1.90 bits per heavy atom. The number of hydrazone groups is 1. The van der Waals surface area contributed by atoms with Crippen molar-refractivity contribution in [2.24, 2.45) is 16.3 Å². The Balaban J connectivity index is 1.58. The highest BCUT2D eigenvalue weighted by Gasteiger charge is 2.56. The van der Waals surface area contributed by atoms with Crippen LogP contribution >= 0.6 is 11.6 Å². The van der Waals surface area contributed by atoms with E-state index in [2.05, 4.69) is 15.4 Å². The molecular weight excluding hydrogens is 577 g/mol. The molecule has 0 bridgehead atoms. The van der Waals surface area contributed by atoms with Gasteiger partial charge in [0.2, 0.25) is 11.8 Å². The number of piperidine rings is 1. The van der Waals surface area contributed by atoms with Crippen molar-refractivity contribution in [2.45, 2.75) is 51.1 Å². The first-order valence-electron chi connectivity index (χ1n) is 13.3. The maximum atomic E-state index is 13.9. The zero-order valence-corrected chi connectivity index (χ0v) is 23.9. The van der Waals surface area contributed by atoms with E-state index < -0.39 is 47.4 Å². The van der Waals surface area contributed by atoms with Gasteiger partial charge in [0.05, 0.1) is 24.5 Å². The summed E-state index contributed by atoms with van der Waals surface area (Å²) >= 11 is 5.93. The van der Waals surface area contributed by atoms with Crippen LogP contribution in [0.1, 0.15) is 31.5 Å². The summed E-state index contributed by atoms with van der Waals surface area (Å²) in [7, 11) is 0. The Labute approximate surface area is 246 Å². The number of aromatic nitrogens is 1. The fraction of sp³-hybridized carbons (Fsp3) is 0.464. The summed E-state index contributed by atoms with van der Waals surface area (Å²) in [4.78, 5) is 45.8. The molecule has 1 aromatic heterocycles. The summed E-state index contributed by atoms with van der Waals surface area (Å²) < 4.78 is 45.6. The van der Waals surface area contributed by atoms with Crippen LogP contribution in [0, 0.1) is 5.41 Å². The van der Waals surface area contributed by atoms with E-state index in [1.807, 2.05) is 0 Å². The number of amides is 3. The summed E-state index contributed by atoms with van der Waals surface area (Å²) in [5, 5.41) is 7.66. The lowest BCUT2D eigenvalue weighted by molar-refractivity contribution is -0.164. The Bertz CT molecular complexity index is 1330. The molecule has 0 radical (unpaired) electrons. The number of alkyl halides is 3. The average molecular weight is 609 g/mol. The molecular formula is C28H32ClF3N6O4. The van der Waals surface area contributed by atoms with Crippen LogP contribution in [-0.2, 0) is 32.1 Å². The molecule has 3 heterocycles. The Morgan fingerprint density at radius 3 is 2.52 bits per heavy atom. The Hall–Kier alpha value is -3.55. The second kappa shape index (κ2) is 12.4. The topological polar surface area (TPSA) is 130 Å². The van der Waals surface area contributed by atoms with E-state index >= 15 is 0 Å². The van der Waals surface area contributed by atoms with Gasteiger partial charge in [-0.3, -0.25) is 19.4 Å². The van der Waals surface area contributed by atoms with Crippen LogP contribution in [-0.4, -0.2) is 82.3 Å². The number of nitrogens with one attached hydrogen (secondary N) is 1. The number of fused-ring (bicyclic) bond motifs is 1. The molecule has 1 aromatic carbocycles. The first-order chi connectivity index (χ1) is 19.7. The summed E-state index contributed by atoms with van der Waals surface area (Å²) in [5.41, 5.74) is 4.60. The minimum atomic E-state index is -4.67. The van der Waals surface area contributed by atoms with Gasteiger partial charge in [-0.05, 0) is 43.7 Å². The predicted molar refractivity (Wildman–Crippen MR) is 148 cm³/mol. The van der Waals surface area contributed by atoms with E-state index in [9.17, 15) is 27.6 Å². The average Bonchev–Trinajstić information content (AvgIpc) is 3.17. The number of nitrogens with zero attached hydrogens (tertiary/aromatic N) is 4. The fourth-order valence-corrected chi connectivity index (χ4v) is 5.00. The van der Waals surface area contributed by atoms with E-state index in [1.165, 1.54) is 24.9 Å². The summed E-state index contributed by atoms with van der Waals surface area (Å²) in [6.07, 6.45) is -3.14. The molecule has 2 aliphatic heterocycles. The molecule has 1 unspecified atom stereocenters. The van der Waals surface area contributed by atoms with Crippen molar-refractivity contribution in [2.75, 3.05) is 26.2 Å². The van der Waals surface area contributed by atoms with Crippen LogP contribution in [0.5, 0.6) is 0 Å². The zero-order chi connectivity index (χ0) is 30.7. The maximum Gasteiger partial charge on any atom is 0.408 e. The van der Waals surface area contributed by atoms with Crippen LogP contribution in [0.2, 0.25) is 5.02 Å². The van der Waals surface area contributed by atoms with Crippen molar-refractivity contribution in [3.05, 3.63) is 64.9 Å². The van der Waals surface area contributed by atoms with Gasteiger partial charge in [-0.1, -0.05) is 29.8 Å². The monoisotopic (exact) mass is 608 g/mol. The first-order valence-corrected chi connectivity index (χ1v) is 13.6. The molecule has 4 rings (SSSR count). The normalized spacial score (nSPS) is 19.8. The molecule has 14 heteroatoms. The molecule has 0 spiro atoms. The summed E-state index contributed by atoms with van der Waals surface area (Å²) in [6, 6.07) is 10.7. The van der Waals surface area contributed by atoms with Crippen LogP contribution in [0.25, 0.3) is 0 Å². The number of ether oxygens (including phenoxy) is 1. The van der Waals surface area contributed by atoms with Gasteiger partial charge < -0.3 is 20.7 Å². The Kier molecular flexibility index (Phi) is 9.24. The molecule has 0 aliphatic carbocycles. The van der Waals surface area contributed by atoms with E-state index in [1.54, 1.807) is 42.5 Å². The number of hydrogen-bond acceptors (Lipinski definition) is 7. The van der Waals surface area contributed by atoms with Gasteiger partial charge in [0.1, 0.15) is 18.0 Å². The number of halogens is 4. The fourth-order valence-electron chi connectivity index (χ4n) is 4.88. The number of likely N-dealkylation sites (tertiary alicyclic amines) is 1. The molecule has 10 nitrogen and oxygen atoms in total. The minimum Gasteiger partial charge on any atom is -0.374 e. The summed E-state index contributed by atoms with van der Waals surface area (Å²) in [6.45, 7) is 1.15. The van der Waals surface area contributed by atoms with Gasteiger partial charge in [0.25, 0.3) is 5.91 Å². The van der Waals surface area contributed by atoms with Crippen LogP contribution < -0.4 is 11.1 Å². The van der Waals surface area contributed by atoms with Crippen LogP contribution in [0.15, 0.2) is 53.8 Å². The third-order valence-corrected chi connectivity index (χ3v) is 7.27. The van der Waals surface area contributed by atoms with Gasteiger partial charge in [-0.2, -0.15) is 18.3 Å². The number of pyridine rings is 1. The van der Waals surface area contributed by atoms with Gasteiger partial charge in [0, 0.05) is 42.8 Å².